The van der Waals surface area contributed by atoms with E-state index in [0.717, 1.165) is 0 Å². The number of rotatable bonds is 4. The number of hydrogen-bond donors (Lipinski definition) is 4. The predicted molar refractivity (Wildman–Crippen MR) is 47.1 cm³/mol. The molecule has 0 aliphatic carbocycles. The first-order valence-corrected chi connectivity index (χ1v) is 4.57. The average Bonchev–Trinajstić information content (AvgIpc) is 2.54. The minimum Gasteiger partial charge on any atom is -0.393 e. The lowest BCUT2D eigenvalue weighted by atomic mass is 9.90. The van der Waals surface area contributed by atoms with E-state index in [1.54, 1.807) is 6.92 Å². The molecule has 4 atom stereocenters. The van der Waals surface area contributed by atoms with Crippen LogP contribution in [-0.2, 0) is 9.57 Å². The fraction of sp³-hybridized carbons (Fsp3) is 1.00. The highest BCUT2D eigenvalue weighted by Crippen LogP contribution is 2.29. The monoisotopic (exact) mass is 207 g/mol. The van der Waals surface area contributed by atoms with Crippen molar-refractivity contribution in [2.45, 2.75) is 37.3 Å². The fourth-order valence-corrected chi connectivity index (χ4v) is 1.65. The second kappa shape index (κ2) is 4.52. The maximum absolute atomic E-state index is 9.56. The van der Waals surface area contributed by atoms with Crippen molar-refractivity contribution in [1.82, 2.24) is 0 Å². The van der Waals surface area contributed by atoms with Crippen molar-refractivity contribution in [3.63, 3.8) is 0 Å². The topological polar surface area (TPSA) is 105 Å². The van der Waals surface area contributed by atoms with E-state index in [1.165, 1.54) is 0 Å². The van der Waals surface area contributed by atoms with Crippen molar-refractivity contribution in [2.75, 3.05) is 13.2 Å². The van der Waals surface area contributed by atoms with Gasteiger partial charge in [-0.3, -0.25) is 4.84 Å². The predicted octanol–water partition coefficient (Wildman–Crippen LogP) is -1.86. The molecule has 14 heavy (non-hydrogen) atoms. The van der Waals surface area contributed by atoms with Gasteiger partial charge >= 0.3 is 0 Å². The van der Waals surface area contributed by atoms with Crippen LogP contribution in [0.3, 0.4) is 0 Å². The molecule has 1 rings (SSSR count). The molecule has 0 aromatic rings. The van der Waals surface area contributed by atoms with Gasteiger partial charge in [0.1, 0.15) is 23.9 Å². The molecule has 0 radical (unpaired) electrons. The number of ether oxygens (including phenoxy) is 1. The third-order valence-electron chi connectivity index (χ3n) is 2.77. The Morgan fingerprint density at radius 2 is 2.21 bits per heavy atom. The quantitative estimate of drug-likeness (QED) is 0.403. The largest absolute Gasteiger partial charge is 0.393 e. The van der Waals surface area contributed by atoms with Crippen LogP contribution in [0.1, 0.15) is 13.3 Å². The molecular formula is C8H17NO5. The molecule has 0 spiro atoms. The van der Waals surface area contributed by atoms with E-state index < -0.39 is 23.9 Å². The van der Waals surface area contributed by atoms with Gasteiger partial charge in [0.15, 0.2) is 0 Å². The van der Waals surface area contributed by atoms with Crippen LogP contribution in [0.2, 0.25) is 0 Å². The molecule has 1 saturated heterocycles. The third-order valence-corrected chi connectivity index (χ3v) is 2.77. The Kier molecular flexibility index (Phi) is 3.82. The van der Waals surface area contributed by atoms with Crippen LogP contribution in [-0.4, -0.2) is 52.4 Å². The standard InChI is InChI=1S/C8H17NO5/c1-2-8(4-10,14-9)7-6(12)5(11)3-13-7/h5-7,10-12H,2-4,9H2,1H3/t5-,6+,7-,8+/m0/s1. The third kappa shape index (κ3) is 1.77. The van der Waals surface area contributed by atoms with Gasteiger partial charge in [0.25, 0.3) is 0 Å². The van der Waals surface area contributed by atoms with Gasteiger partial charge in [-0.2, -0.15) is 0 Å². The molecule has 0 amide bonds. The van der Waals surface area contributed by atoms with Gasteiger partial charge in [0.2, 0.25) is 0 Å². The minimum absolute atomic E-state index is 0.0247. The van der Waals surface area contributed by atoms with Crippen LogP contribution in [0.25, 0.3) is 0 Å². The van der Waals surface area contributed by atoms with E-state index in [1.807, 2.05) is 0 Å². The van der Waals surface area contributed by atoms with Crippen molar-refractivity contribution in [1.29, 1.82) is 0 Å². The molecule has 1 aliphatic heterocycles. The van der Waals surface area contributed by atoms with Crippen LogP contribution in [0.5, 0.6) is 0 Å². The van der Waals surface area contributed by atoms with Crippen LogP contribution >= 0.6 is 0 Å². The lowest BCUT2D eigenvalue weighted by Gasteiger charge is -2.35. The Morgan fingerprint density at radius 3 is 2.50 bits per heavy atom. The minimum atomic E-state index is -1.14. The van der Waals surface area contributed by atoms with Crippen LogP contribution in [0, 0.1) is 0 Å². The first-order valence-electron chi connectivity index (χ1n) is 4.57. The van der Waals surface area contributed by atoms with E-state index in [0.29, 0.717) is 6.42 Å². The number of aliphatic hydroxyl groups is 3. The first-order chi connectivity index (χ1) is 6.61. The Morgan fingerprint density at radius 1 is 1.57 bits per heavy atom. The summed E-state index contributed by atoms with van der Waals surface area (Å²) in [7, 11) is 0. The normalized spacial score (nSPS) is 37.1. The Balaban J connectivity index is 2.78. The molecule has 6 nitrogen and oxygen atoms in total. The van der Waals surface area contributed by atoms with Gasteiger partial charge < -0.3 is 20.1 Å². The fourth-order valence-electron chi connectivity index (χ4n) is 1.65. The van der Waals surface area contributed by atoms with Crippen LogP contribution in [0.4, 0.5) is 0 Å². The molecule has 0 aromatic carbocycles. The summed E-state index contributed by atoms with van der Waals surface area (Å²) in [4.78, 5) is 4.69. The Bertz CT molecular complexity index is 176. The summed E-state index contributed by atoms with van der Waals surface area (Å²) in [6.45, 7) is 1.41. The van der Waals surface area contributed by atoms with E-state index in [9.17, 15) is 10.2 Å². The molecule has 0 aromatic heterocycles. The first kappa shape index (κ1) is 11.8. The lowest BCUT2D eigenvalue weighted by molar-refractivity contribution is -0.177. The van der Waals surface area contributed by atoms with E-state index >= 15 is 0 Å². The van der Waals surface area contributed by atoms with Gasteiger partial charge in [-0.25, -0.2) is 5.90 Å². The van der Waals surface area contributed by atoms with Gasteiger partial charge in [0, 0.05) is 0 Å². The molecule has 1 fully saturated rings. The van der Waals surface area contributed by atoms with Crippen molar-refractivity contribution >= 4 is 0 Å². The zero-order valence-corrected chi connectivity index (χ0v) is 8.09. The molecule has 0 bridgehead atoms. The van der Waals surface area contributed by atoms with E-state index in [-0.39, 0.29) is 13.2 Å². The molecule has 1 heterocycles. The van der Waals surface area contributed by atoms with Gasteiger partial charge in [-0.15, -0.1) is 0 Å². The van der Waals surface area contributed by atoms with Crippen LogP contribution in [0.15, 0.2) is 0 Å². The molecule has 84 valence electrons. The van der Waals surface area contributed by atoms with Crippen molar-refractivity contribution in [3.05, 3.63) is 0 Å². The summed E-state index contributed by atoms with van der Waals surface area (Å²) in [5.74, 6) is 5.08. The van der Waals surface area contributed by atoms with Gasteiger partial charge in [0.05, 0.1) is 13.2 Å². The second-order valence-corrected chi connectivity index (χ2v) is 3.51. The van der Waals surface area contributed by atoms with E-state index in [2.05, 4.69) is 0 Å². The zero-order chi connectivity index (χ0) is 10.8. The number of aliphatic hydroxyl groups excluding tert-OH is 3. The van der Waals surface area contributed by atoms with Gasteiger partial charge in [-0.1, -0.05) is 6.92 Å². The highest BCUT2D eigenvalue weighted by Gasteiger charge is 2.49. The molecule has 0 saturated carbocycles. The molecule has 6 heteroatoms. The molecule has 1 aliphatic rings. The highest BCUT2D eigenvalue weighted by molar-refractivity contribution is 4.98. The summed E-state index contributed by atoms with van der Waals surface area (Å²) in [6.07, 6.45) is -2.44. The van der Waals surface area contributed by atoms with Crippen molar-refractivity contribution < 1.29 is 24.9 Å². The molecule has 0 unspecified atom stereocenters. The van der Waals surface area contributed by atoms with E-state index in [4.69, 9.17) is 20.6 Å². The Labute approximate surface area is 82.2 Å². The van der Waals surface area contributed by atoms with Gasteiger partial charge in [-0.05, 0) is 6.42 Å². The maximum atomic E-state index is 9.56. The Hall–Kier alpha value is -0.240. The highest BCUT2D eigenvalue weighted by atomic mass is 16.7. The smallest absolute Gasteiger partial charge is 0.141 e. The number of hydrogen-bond acceptors (Lipinski definition) is 6. The summed E-state index contributed by atoms with van der Waals surface area (Å²) in [5.41, 5.74) is -1.14. The second-order valence-electron chi connectivity index (χ2n) is 3.51. The summed E-state index contributed by atoms with van der Waals surface area (Å²) in [5, 5.41) is 28.0. The van der Waals surface area contributed by atoms with Crippen LogP contribution < -0.4 is 5.90 Å². The van der Waals surface area contributed by atoms with Crippen molar-refractivity contribution in [3.8, 4) is 0 Å². The average molecular weight is 207 g/mol. The van der Waals surface area contributed by atoms with Crippen molar-refractivity contribution in [2.24, 2.45) is 5.90 Å². The SMILES string of the molecule is CC[C@](CO)(ON)[C@H]1OC[C@H](O)[C@H]1O. The summed E-state index contributed by atoms with van der Waals surface area (Å²) in [6, 6.07) is 0. The molecule has 5 N–H and O–H groups in total. The zero-order valence-electron chi connectivity index (χ0n) is 8.09. The maximum Gasteiger partial charge on any atom is 0.141 e. The summed E-state index contributed by atoms with van der Waals surface area (Å²) >= 11 is 0. The summed E-state index contributed by atoms with van der Waals surface area (Å²) < 4.78 is 5.15. The lowest BCUT2D eigenvalue weighted by Crippen LogP contribution is -2.54. The molecular weight excluding hydrogens is 190 g/mol. The number of nitrogens with two attached hydrogens (primary N) is 1.